The molecule has 2 N–H and O–H groups in total. The number of benzene rings is 3. The minimum absolute atomic E-state index is 0.00606. The predicted molar refractivity (Wildman–Crippen MR) is 115 cm³/mol. The molecule has 0 saturated carbocycles. The Morgan fingerprint density at radius 3 is 2.62 bits per heavy atom. The summed E-state index contributed by atoms with van der Waals surface area (Å²) < 4.78 is 5.88. The summed E-state index contributed by atoms with van der Waals surface area (Å²) in [7, 11) is 0. The van der Waals surface area contributed by atoms with E-state index in [1.807, 2.05) is 26.0 Å². The molecule has 0 fully saturated rings. The number of oxazole rings is 1. The van der Waals surface area contributed by atoms with Crippen molar-refractivity contribution in [3.8, 4) is 17.2 Å². The van der Waals surface area contributed by atoms with Gasteiger partial charge in [0.25, 0.3) is 5.91 Å². The molecule has 3 aromatic carbocycles. The maximum Gasteiger partial charge on any atom is 0.257 e. The first kappa shape index (κ1) is 19.3. The number of carbonyl (C=O) groups excluding carboxylic acids is 1. The number of hydrogen-bond donors (Lipinski definition) is 2. The number of aryl methyl sites for hydroxylation is 2. The summed E-state index contributed by atoms with van der Waals surface area (Å²) in [6.07, 6.45) is 0. The van der Waals surface area contributed by atoms with Crippen LogP contribution in [0.25, 0.3) is 22.6 Å². The fourth-order valence-electron chi connectivity index (χ4n) is 3.15. The van der Waals surface area contributed by atoms with Gasteiger partial charge in [-0.15, -0.1) is 0 Å². The minimum atomic E-state index is -0.396. The number of carbonyl (C=O) groups is 1. The van der Waals surface area contributed by atoms with Crippen LogP contribution >= 0.6 is 23.2 Å². The van der Waals surface area contributed by atoms with E-state index in [9.17, 15) is 9.90 Å². The highest BCUT2D eigenvalue weighted by atomic mass is 35.5. The van der Waals surface area contributed by atoms with Crippen LogP contribution in [0, 0.1) is 13.8 Å². The molecule has 0 unspecified atom stereocenters. The van der Waals surface area contributed by atoms with Crippen molar-refractivity contribution in [2.24, 2.45) is 0 Å². The number of amides is 1. The molecule has 0 bridgehead atoms. The van der Waals surface area contributed by atoms with Crippen LogP contribution in [-0.2, 0) is 0 Å². The number of phenolic OH excluding ortho intramolecular Hbond substituents is 1. The molecule has 0 aliphatic rings. The zero-order valence-electron chi connectivity index (χ0n) is 15.6. The third kappa shape index (κ3) is 3.79. The van der Waals surface area contributed by atoms with Crippen LogP contribution in [-0.4, -0.2) is 16.0 Å². The largest absolute Gasteiger partial charge is 0.507 e. The SMILES string of the molecule is Cc1cc(C)c2oc(-c3cc(NC(=O)c4ccc(Cl)cc4Cl)ccc3O)nc2c1. The molecule has 0 atom stereocenters. The van der Waals surface area contributed by atoms with Crippen molar-refractivity contribution in [1.82, 2.24) is 4.98 Å². The fraction of sp³-hybridized carbons (Fsp3) is 0.0909. The van der Waals surface area contributed by atoms with Gasteiger partial charge in [0.05, 0.1) is 16.1 Å². The second-order valence-corrected chi connectivity index (χ2v) is 7.60. The normalized spacial score (nSPS) is 11.0. The molecular formula is C22H16Cl2N2O3. The molecule has 0 spiro atoms. The Morgan fingerprint density at radius 1 is 1.07 bits per heavy atom. The van der Waals surface area contributed by atoms with E-state index in [1.54, 1.807) is 24.3 Å². The van der Waals surface area contributed by atoms with Gasteiger partial charge in [-0.3, -0.25) is 4.79 Å². The summed E-state index contributed by atoms with van der Waals surface area (Å²) in [5, 5.41) is 13.8. The third-order valence-electron chi connectivity index (χ3n) is 4.48. The number of aromatic nitrogens is 1. The van der Waals surface area contributed by atoms with E-state index in [4.69, 9.17) is 27.6 Å². The zero-order valence-corrected chi connectivity index (χ0v) is 17.1. The highest BCUT2D eigenvalue weighted by Crippen LogP contribution is 2.34. The zero-order chi connectivity index (χ0) is 20.7. The highest BCUT2D eigenvalue weighted by molar-refractivity contribution is 6.37. The van der Waals surface area contributed by atoms with E-state index in [1.165, 1.54) is 12.1 Å². The number of anilines is 1. The van der Waals surface area contributed by atoms with Crippen LogP contribution < -0.4 is 5.32 Å². The lowest BCUT2D eigenvalue weighted by Crippen LogP contribution is -2.12. The van der Waals surface area contributed by atoms with E-state index < -0.39 is 5.91 Å². The number of hydrogen-bond acceptors (Lipinski definition) is 4. The van der Waals surface area contributed by atoms with Crippen LogP contribution in [0.1, 0.15) is 21.5 Å². The average Bonchev–Trinajstić information content (AvgIpc) is 3.07. The number of fused-ring (bicyclic) bond motifs is 1. The lowest BCUT2D eigenvalue weighted by atomic mass is 10.1. The van der Waals surface area contributed by atoms with Crippen molar-refractivity contribution in [2.75, 3.05) is 5.32 Å². The van der Waals surface area contributed by atoms with Crippen molar-refractivity contribution in [2.45, 2.75) is 13.8 Å². The number of halogens is 2. The first-order valence-corrected chi connectivity index (χ1v) is 9.55. The molecule has 4 rings (SSSR count). The highest BCUT2D eigenvalue weighted by Gasteiger charge is 2.16. The number of aromatic hydroxyl groups is 1. The standard InChI is InChI=1S/C22H16Cl2N2O3/c1-11-7-12(2)20-18(8-11)26-22(29-20)16-10-14(4-6-19(16)27)25-21(28)15-5-3-13(23)9-17(15)24/h3-10,27H,1-2H3,(H,25,28). The van der Waals surface area contributed by atoms with Crippen molar-refractivity contribution in [3.63, 3.8) is 0 Å². The second-order valence-electron chi connectivity index (χ2n) is 6.76. The molecule has 0 saturated heterocycles. The third-order valence-corrected chi connectivity index (χ3v) is 5.03. The molecular weight excluding hydrogens is 411 g/mol. The number of phenols is 1. The van der Waals surface area contributed by atoms with Crippen LogP contribution in [0.15, 0.2) is 52.9 Å². The Hall–Kier alpha value is -3.02. The van der Waals surface area contributed by atoms with Gasteiger partial charge in [-0.25, -0.2) is 4.98 Å². The van der Waals surface area contributed by atoms with E-state index in [0.717, 1.165) is 11.1 Å². The monoisotopic (exact) mass is 426 g/mol. The maximum atomic E-state index is 12.6. The summed E-state index contributed by atoms with van der Waals surface area (Å²) in [4.78, 5) is 17.1. The van der Waals surface area contributed by atoms with Crippen molar-refractivity contribution < 1.29 is 14.3 Å². The molecule has 4 aromatic rings. The minimum Gasteiger partial charge on any atom is -0.507 e. The topological polar surface area (TPSA) is 75.4 Å². The van der Waals surface area contributed by atoms with Gasteiger partial charge in [0, 0.05) is 10.7 Å². The van der Waals surface area contributed by atoms with Gasteiger partial charge in [-0.1, -0.05) is 29.3 Å². The number of nitrogens with one attached hydrogen (secondary N) is 1. The molecule has 29 heavy (non-hydrogen) atoms. The molecule has 146 valence electrons. The maximum absolute atomic E-state index is 12.6. The molecule has 0 aliphatic carbocycles. The van der Waals surface area contributed by atoms with Gasteiger partial charge in [0.1, 0.15) is 11.3 Å². The number of rotatable bonds is 3. The second kappa shape index (κ2) is 7.43. The van der Waals surface area contributed by atoms with Gasteiger partial charge in [0.2, 0.25) is 5.89 Å². The van der Waals surface area contributed by atoms with E-state index >= 15 is 0 Å². The predicted octanol–water partition coefficient (Wildman–Crippen LogP) is 6.38. The van der Waals surface area contributed by atoms with Gasteiger partial charge in [-0.05, 0) is 67.4 Å². The number of nitrogens with zero attached hydrogens (tertiary/aromatic N) is 1. The molecule has 1 aromatic heterocycles. The lowest BCUT2D eigenvalue weighted by molar-refractivity contribution is 0.102. The summed E-state index contributed by atoms with van der Waals surface area (Å²) in [5.74, 6) is -0.132. The Morgan fingerprint density at radius 2 is 1.86 bits per heavy atom. The van der Waals surface area contributed by atoms with Crippen LogP contribution in [0.5, 0.6) is 5.75 Å². The van der Waals surface area contributed by atoms with Gasteiger partial charge < -0.3 is 14.8 Å². The molecule has 1 amide bonds. The first-order valence-electron chi connectivity index (χ1n) is 8.79. The Balaban J connectivity index is 1.69. The van der Waals surface area contributed by atoms with Crippen LogP contribution in [0.3, 0.4) is 0 Å². The summed E-state index contributed by atoms with van der Waals surface area (Å²) in [6.45, 7) is 3.92. The fourth-order valence-corrected chi connectivity index (χ4v) is 3.64. The molecule has 0 aliphatic heterocycles. The summed E-state index contributed by atoms with van der Waals surface area (Å²) in [6, 6.07) is 13.2. The van der Waals surface area contributed by atoms with Crippen LogP contribution in [0.2, 0.25) is 10.0 Å². The summed E-state index contributed by atoms with van der Waals surface area (Å²) >= 11 is 12.0. The Labute approximate surface area is 176 Å². The first-order chi connectivity index (χ1) is 13.8. The van der Waals surface area contributed by atoms with Crippen molar-refractivity contribution in [3.05, 3.63) is 75.3 Å². The molecule has 7 heteroatoms. The van der Waals surface area contributed by atoms with E-state index in [0.29, 0.717) is 32.9 Å². The van der Waals surface area contributed by atoms with Crippen molar-refractivity contribution in [1.29, 1.82) is 0 Å². The Bertz CT molecular complexity index is 1260. The Kier molecular flexibility index (Phi) is 4.94. The average molecular weight is 427 g/mol. The molecule has 0 radical (unpaired) electrons. The quantitative estimate of drug-likeness (QED) is 0.372. The smallest absolute Gasteiger partial charge is 0.257 e. The molecule has 5 nitrogen and oxygen atoms in total. The van der Waals surface area contributed by atoms with Gasteiger partial charge in [-0.2, -0.15) is 0 Å². The van der Waals surface area contributed by atoms with Gasteiger partial charge >= 0.3 is 0 Å². The van der Waals surface area contributed by atoms with Crippen molar-refractivity contribution >= 4 is 45.9 Å². The molecule has 1 heterocycles. The van der Waals surface area contributed by atoms with E-state index in [2.05, 4.69) is 10.3 Å². The summed E-state index contributed by atoms with van der Waals surface area (Å²) in [5.41, 5.74) is 4.52. The van der Waals surface area contributed by atoms with Gasteiger partial charge in [0.15, 0.2) is 5.58 Å². The van der Waals surface area contributed by atoms with E-state index in [-0.39, 0.29) is 16.7 Å². The lowest BCUT2D eigenvalue weighted by Gasteiger charge is -2.09. The van der Waals surface area contributed by atoms with Crippen LogP contribution in [0.4, 0.5) is 5.69 Å².